The van der Waals surface area contributed by atoms with E-state index >= 15 is 0 Å². The maximum absolute atomic E-state index is 12.4. The molecule has 134 valence electrons. The lowest BCUT2D eigenvalue weighted by Gasteiger charge is -2.06. The van der Waals surface area contributed by atoms with Crippen LogP contribution >= 0.6 is 22.7 Å². The zero-order chi connectivity index (χ0) is 18.7. The zero-order valence-corrected chi connectivity index (χ0v) is 15.6. The second-order valence-corrected chi connectivity index (χ2v) is 8.97. The van der Waals surface area contributed by atoms with Crippen molar-refractivity contribution in [1.82, 2.24) is 4.72 Å². The molecule has 0 aliphatic heterocycles. The fourth-order valence-corrected chi connectivity index (χ4v) is 5.12. The Morgan fingerprint density at radius 3 is 2.54 bits per heavy atom. The first-order chi connectivity index (χ1) is 12.4. The molecule has 0 aliphatic rings. The lowest BCUT2D eigenvalue weighted by Crippen LogP contribution is -2.23. The fraction of sp³-hybridized carbons (Fsp3) is 0.0625. The van der Waals surface area contributed by atoms with E-state index in [0.29, 0.717) is 14.6 Å². The number of thiophene rings is 2. The number of rotatable bonds is 7. The van der Waals surface area contributed by atoms with Gasteiger partial charge in [-0.1, -0.05) is 18.2 Å². The molecular formula is C16H12N2O5S3. The van der Waals surface area contributed by atoms with Crippen molar-refractivity contribution < 1.29 is 18.1 Å². The van der Waals surface area contributed by atoms with Crippen LogP contribution in [0.2, 0.25) is 0 Å². The lowest BCUT2D eigenvalue weighted by molar-refractivity contribution is -0.387. The van der Waals surface area contributed by atoms with Crippen molar-refractivity contribution in [2.24, 2.45) is 0 Å². The molecule has 0 amide bonds. The molecule has 2 heterocycles. The summed E-state index contributed by atoms with van der Waals surface area (Å²) in [7, 11) is -4.06. The summed E-state index contributed by atoms with van der Waals surface area (Å²) in [6, 6.07) is 12.0. The number of nitrogens with one attached hydrogen (secondary N) is 1. The van der Waals surface area contributed by atoms with Crippen LogP contribution in [0, 0.1) is 10.1 Å². The average molecular weight is 408 g/mol. The number of hydrogen-bond acceptors (Lipinski definition) is 7. The van der Waals surface area contributed by atoms with Crippen LogP contribution in [0.5, 0.6) is 0 Å². The summed E-state index contributed by atoms with van der Waals surface area (Å²) >= 11 is 2.52. The molecule has 0 unspecified atom stereocenters. The van der Waals surface area contributed by atoms with Crippen molar-refractivity contribution in [2.75, 3.05) is 0 Å². The molecule has 0 saturated heterocycles. The van der Waals surface area contributed by atoms with E-state index < -0.39 is 25.5 Å². The van der Waals surface area contributed by atoms with E-state index in [1.165, 1.54) is 40.9 Å². The summed E-state index contributed by atoms with van der Waals surface area (Å²) < 4.78 is 27.1. The van der Waals surface area contributed by atoms with Crippen LogP contribution in [0.1, 0.15) is 19.4 Å². The first kappa shape index (κ1) is 18.4. The Hall–Kier alpha value is -2.40. The Kier molecular flexibility index (Phi) is 5.28. The summed E-state index contributed by atoms with van der Waals surface area (Å²) in [4.78, 5) is 23.9. The highest BCUT2D eigenvalue weighted by Gasteiger charge is 2.25. The monoisotopic (exact) mass is 408 g/mol. The highest BCUT2D eigenvalue weighted by Crippen LogP contribution is 2.25. The number of nitro groups is 1. The van der Waals surface area contributed by atoms with E-state index in [-0.39, 0.29) is 12.3 Å². The molecule has 26 heavy (non-hydrogen) atoms. The molecule has 0 atom stereocenters. The molecule has 0 bridgehead atoms. The molecule has 1 N–H and O–H groups in total. The number of nitro benzene ring substituents is 1. The van der Waals surface area contributed by atoms with E-state index in [4.69, 9.17) is 0 Å². The predicted molar refractivity (Wildman–Crippen MR) is 99.2 cm³/mol. The van der Waals surface area contributed by atoms with Gasteiger partial charge in [0.2, 0.25) is 15.8 Å². The largest absolute Gasteiger partial charge is 0.289 e. The van der Waals surface area contributed by atoms with Gasteiger partial charge < -0.3 is 0 Å². The third kappa shape index (κ3) is 3.88. The Labute approximate surface area is 157 Å². The van der Waals surface area contributed by atoms with Crippen LogP contribution in [0.15, 0.2) is 58.8 Å². The van der Waals surface area contributed by atoms with Gasteiger partial charge in [-0.25, -0.2) is 13.1 Å². The van der Waals surface area contributed by atoms with Gasteiger partial charge in [0.15, 0.2) is 4.90 Å². The molecule has 7 nitrogen and oxygen atoms in total. The van der Waals surface area contributed by atoms with E-state index in [2.05, 4.69) is 4.72 Å². The van der Waals surface area contributed by atoms with Gasteiger partial charge in [-0.05, 0) is 29.6 Å². The summed E-state index contributed by atoms with van der Waals surface area (Å²) in [5.74, 6) is -0.113. The smallest absolute Gasteiger partial charge is 0.287 e. The van der Waals surface area contributed by atoms with E-state index in [1.807, 2.05) is 5.38 Å². The quantitative estimate of drug-likeness (QED) is 0.366. The number of nitrogens with zero attached hydrogens (tertiary/aromatic N) is 1. The highest BCUT2D eigenvalue weighted by molar-refractivity contribution is 7.89. The lowest BCUT2D eigenvalue weighted by atomic mass is 10.3. The third-order valence-corrected chi connectivity index (χ3v) is 6.82. The second kappa shape index (κ2) is 7.46. The van der Waals surface area contributed by atoms with Gasteiger partial charge in [-0.15, -0.1) is 22.7 Å². The minimum atomic E-state index is -4.06. The van der Waals surface area contributed by atoms with Crippen LogP contribution in [-0.4, -0.2) is 19.1 Å². The van der Waals surface area contributed by atoms with Crippen LogP contribution in [0.3, 0.4) is 0 Å². The molecule has 0 radical (unpaired) electrons. The van der Waals surface area contributed by atoms with Gasteiger partial charge in [0, 0.05) is 17.5 Å². The van der Waals surface area contributed by atoms with Crippen LogP contribution in [-0.2, 0) is 16.6 Å². The Morgan fingerprint density at radius 2 is 1.85 bits per heavy atom. The number of ketones is 1. The molecule has 0 saturated carbocycles. The maximum atomic E-state index is 12.4. The third-order valence-electron chi connectivity index (χ3n) is 3.42. The summed E-state index contributed by atoms with van der Waals surface area (Å²) in [5, 5.41) is 12.8. The summed E-state index contributed by atoms with van der Waals surface area (Å²) in [6.07, 6.45) is 0. The van der Waals surface area contributed by atoms with E-state index in [0.717, 1.165) is 6.07 Å². The number of carbonyl (C=O) groups is 1. The molecule has 0 fully saturated rings. The Morgan fingerprint density at radius 1 is 1.08 bits per heavy atom. The zero-order valence-electron chi connectivity index (χ0n) is 13.1. The standard InChI is InChI=1S/C16H12N2O5S3/c19-16(13-5-3-9-24-13)14-8-7-11(25-14)10-17-26(22,23)15-6-2-1-4-12(15)18(20)21/h1-9,17H,10H2. The topological polar surface area (TPSA) is 106 Å². The molecule has 2 aromatic heterocycles. The van der Waals surface area contributed by atoms with Gasteiger partial charge in [0.1, 0.15) is 0 Å². The SMILES string of the molecule is O=C(c1cccs1)c1ccc(CNS(=O)(=O)c2ccccc2[N+](=O)[O-])s1. The number of hydrogen-bond donors (Lipinski definition) is 1. The number of benzene rings is 1. The first-order valence-electron chi connectivity index (χ1n) is 7.28. The van der Waals surface area contributed by atoms with Crippen molar-refractivity contribution in [1.29, 1.82) is 0 Å². The van der Waals surface area contributed by atoms with Crippen molar-refractivity contribution in [3.8, 4) is 0 Å². The normalized spacial score (nSPS) is 11.4. The average Bonchev–Trinajstić information content (AvgIpc) is 3.31. The van der Waals surface area contributed by atoms with E-state index in [1.54, 1.807) is 24.3 Å². The minimum absolute atomic E-state index is 0.0588. The number of carbonyl (C=O) groups excluding carboxylic acids is 1. The number of para-hydroxylation sites is 1. The molecule has 3 rings (SSSR count). The molecule has 0 spiro atoms. The second-order valence-electron chi connectivity index (χ2n) is 5.12. The predicted octanol–water partition coefficient (Wildman–Crippen LogP) is 3.43. The van der Waals surface area contributed by atoms with Crippen molar-refractivity contribution in [3.05, 3.63) is 78.7 Å². The fourth-order valence-electron chi connectivity index (χ4n) is 2.20. The van der Waals surface area contributed by atoms with Gasteiger partial charge in [0.05, 0.1) is 14.7 Å². The maximum Gasteiger partial charge on any atom is 0.289 e. The Bertz CT molecular complexity index is 1060. The van der Waals surface area contributed by atoms with Gasteiger partial charge >= 0.3 is 0 Å². The molecule has 0 aliphatic carbocycles. The Balaban J connectivity index is 1.75. The van der Waals surface area contributed by atoms with E-state index in [9.17, 15) is 23.3 Å². The van der Waals surface area contributed by atoms with Crippen LogP contribution in [0.4, 0.5) is 5.69 Å². The first-order valence-corrected chi connectivity index (χ1v) is 10.5. The van der Waals surface area contributed by atoms with Crippen molar-refractivity contribution >= 4 is 44.2 Å². The molecule has 10 heteroatoms. The van der Waals surface area contributed by atoms with Crippen LogP contribution < -0.4 is 4.72 Å². The van der Waals surface area contributed by atoms with Crippen molar-refractivity contribution in [2.45, 2.75) is 11.4 Å². The highest BCUT2D eigenvalue weighted by atomic mass is 32.2. The molecule has 3 aromatic rings. The molecular weight excluding hydrogens is 396 g/mol. The van der Waals surface area contributed by atoms with Gasteiger partial charge in [-0.3, -0.25) is 14.9 Å². The molecule has 1 aromatic carbocycles. The van der Waals surface area contributed by atoms with Crippen molar-refractivity contribution in [3.63, 3.8) is 0 Å². The summed E-state index contributed by atoms with van der Waals surface area (Å²) in [5.41, 5.74) is -0.486. The number of sulfonamides is 1. The minimum Gasteiger partial charge on any atom is -0.287 e. The summed E-state index contributed by atoms with van der Waals surface area (Å²) in [6.45, 7) is -0.0588. The van der Waals surface area contributed by atoms with Gasteiger partial charge in [0.25, 0.3) is 5.69 Å². The van der Waals surface area contributed by atoms with Crippen LogP contribution in [0.25, 0.3) is 0 Å². The van der Waals surface area contributed by atoms with Gasteiger partial charge in [-0.2, -0.15) is 0 Å².